The average molecular weight is 289 g/mol. The van der Waals surface area contributed by atoms with Gasteiger partial charge in [0.1, 0.15) is 0 Å². The SMILES string of the molecule is CCCCOC(=O)n1ccc(-c2ccc([N+](=O)[O-])cc2)n1. The van der Waals surface area contributed by atoms with E-state index in [1.807, 2.05) is 6.92 Å². The van der Waals surface area contributed by atoms with Crippen LogP contribution in [0.15, 0.2) is 36.5 Å². The average Bonchev–Trinajstić information content (AvgIpc) is 2.97. The first-order chi connectivity index (χ1) is 10.1. The summed E-state index contributed by atoms with van der Waals surface area (Å²) < 4.78 is 6.16. The van der Waals surface area contributed by atoms with Crippen molar-refractivity contribution >= 4 is 11.8 Å². The number of benzene rings is 1. The van der Waals surface area contributed by atoms with E-state index in [1.54, 1.807) is 18.2 Å². The lowest BCUT2D eigenvalue weighted by Gasteiger charge is -2.02. The molecule has 1 heterocycles. The number of nitrogens with zero attached hydrogens (tertiary/aromatic N) is 3. The molecule has 0 unspecified atom stereocenters. The summed E-state index contributed by atoms with van der Waals surface area (Å²) >= 11 is 0. The molecule has 0 bridgehead atoms. The third-order valence-electron chi connectivity index (χ3n) is 2.87. The van der Waals surface area contributed by atoms with Crippen molar-refractivity contribution in [2.24, 2.45) is 0 Å². The molecule has 110 valence electrons. The van der Waals surface area contributed by atoms with Crippen LogP contribution in [-0.2, 0) is 4.74 Å². The van der Waals surface area contributed by atoms with Crippen molar-refractivity contribution in [1.29, 1.82) is 0 Å². The van der Waals surface area contributed by atoms with Gasteiger partial charge in [-0.3, -0.25) is 10.1 Å². The Morgan fingerprint density at radius 1 is 1.33 bits per heavy atom. The molecule has 21 heavy (non-hydrogen) atoms. The minimum atomic E-state index is -0.531. The van der Waals surface area contributed by atoms with Gasteiger partial charge >= 0.3 is 6.09 Å². The van der Waals surface area contributed by atoms with Gasteiger partial charge in [-0.15, -0.1) is 0 Å². The Morgan fingerprint density at radius 2 is 2.05 bits per heavy atom. The zero-order valence-corrected chi connectivity index (χ0v) is 11.6. The van der Waals surface area contributed by atoms with Crippen molar-refractivity contribution < 1.29 is 14.5 Å². The Bertz CT molecular complexity index is 634. The Labute approximate surface area is 121 Å². The summed E-state index contributed by atoms with van der Waals surface area (Å²) in [6, 6.07) is 7.63. The normalized spacial score (nSPS) is 10.3. The predicted molar refractivity (Wildman–Crippen MR) is 76.0 cm³/mol. The van der Waals surface area contributed by atoms with Gasteiger partial charge in [-0.2, -0.15) is 9.78 Å². The van der Waals surface area contributed by atoms with Gasteiger partial charge in [0.15, 0.2) is 0 Å². The van der Waals surface area contributed by atoms with Gasteiger partial charge in [-0.1, -0.05) is 13.3 Å². The van der Waals surface area contributed by atoms with Crippen molar-refractivity contribution in [2.45, 2.75) is 19.8 Å². The maximum atomic E-state index is 11.7. The third-order valence-corrected chi connectivity index (χ3v) is 2.87. The van der Waals surface area contributed by atoms with Crippen LogP contribution in [0.5, 0.6) is 0 Å². The molecule has 0 spiro atoms. The van der Waals surface area contributed by atoms with Crippen LogP contribution in [0.2, 0.25) is 0 Å². The lowest BCUT2D eigenvalue weighted by Crippen LogP contribution is -2.14. The highest BCUT2D eigenvalue weighted by Gasteiger charge is 2.11. The van der Waals surface area contributed by atoms with Gasteiger partial charge in [-0.05, 0) is 24.6 Å². The lowest BCUT2D eigenvalue weighted by atomic mass is 10.1. The van der Waals surface area contributed by atoms with Gasteiger partial charge in [0.2, 0.25) is 0 Å². The Kier molecular flexibility index (Phi) is 4.65. The van der Waals surface area contributed by atoms with E-state index in [0.29, 0.717) is 17.9 Å². The lowest BCUT2D eigenvalue weighted by molar-refractivity contribution is -0.384. The van der Waals surface area contributed by atoms with Gasteiger partial charge in [-0.25, -0.2) is 4.79 Å². The number of rotatable bonds is 5. The molecule has 7 heteroatoms. The summed E-state index contributed by atoms with van der Waals surface area (Å²) in [4.78, 5) is 21.8. The van der Waals surface area contributed by atoms with Crippen LogP contribution in [0, 0.1) is 10.1 Å². The molecular weight excluding hydrogens is 274 g/mol. The fourth-order valence-electron chi connectivity index (χ4n) is 1.70. The molecule has 0 radical (unpaired) electrons. The zero-order chi connectivity index (χ0) is 15.2. The largest absolute Gasteiger partial charge is 0.448 e. The minimum Gasteiger partial charge on any atom is -0.448 e. The van der Waals surface area contributed by atoms with Crippen LogP contribution in [0.4, 0.5) is 10.5 Å². The summed E-state index contributed by atoms with van der Waals surface area (Å²) in [5.74, 6) is 0. The molecule has 0 aliphatic carbocycles. The minimum absolute atomic E-state index is 0.0113. The first-order valence-electron chi connectivity index (χ1n) is 6.59. The van der Waals surface area contributed by atoms with E-state index in [4.69, 9.17) is 4.74 Å². The van der Waals surface area contributed by atoms with Gasteiger partial charge in [0, 0.05) is 23.9 Å². The van der Waals surface area contributed by atoms with Gasteiger partial charge in [0.05, 0.1) is 17.2 Å². The topological polar surface area (TPSA) is 87.3 Å². The van der Waals surface area contributed by atoms with E-state index in [2.05, 4.69) is 5.10 Å². The third kappa shape index (κ3) is 3.65. The van der Waals surface area contributed by atoms with Crippen LogP contribution in [-0.4, -0.2) is 27.4 Å². The molecular formula is C14H15N3O4. The summed E-state index contributed by atoms with van der Waals surface area (Å²) in [5.41, 5.74) is 1.26. The monoisotopic (exact) mass is 289 g/mol. The number of unbranched alkanes of at least 4 members (excludes halogenated alkanes) is 1. The molecule has 2 aromatic rings. The molecule has 0 saturated heterocycles. The van der Waals surface area contributed by atoms with Crippen LogP contribution in [0.3, 0.4) is 0 Å². The fourth-order valence-corrected chi connectivity index (χ4v) is 1.70. The zero-order valence-electron chi connectivity index (χ0n) is 11.6. The standard InChI is InChI=1S/C14H15N3O4/c1-2-3-10-21-14(18)16-9-8-13(15-16)11-4-6-12(7-5-11)17(19)20/h4-9H,2-3,10H2,1H3. The van der Waals surface area contributed by atoms with Crippen LogP contribution in [0.25, 0.3) is 11.3 Å². The quantitative estimate of drug-likeness (QED) is 0.479. The molecule has 0 aliphatic heterocycles. The van der Waals surface area contributed by atoms with E-state index in [0.717, 1.165) is 17.5 Å². The molecule has 7 nitrogen and oxygen atoms in total. The van der Waals surface area contributed by atoms with E-state index < -0.39 is 11.0 Å². The molecule has 0 amide bonds. The van der Waals surface area contributed by atoms with Crippen molar-refractivity contribution in [1.82, 2.24) is 9.78 Å². The molecule has 0 atom stereocenters. The second-order valence-electron chi connectivity index (χ2n) is 4.42. The number of carbonyl (C=O) groups excluding carboxylic acids is 1. The van der Waals surface area contributed by atoms with Crippen molar-refractivity contribution in [3.63, 3.8) is 0 Å². The number of non-ortho nitro benzene ring substituents is 1. The fraction of sp³-hybridized carbons (Fsp3) is 0.286. The molecule has 1 aromatic carbocycles. The maximum absolute atomic E-state index is 11.7. The molecule has 1 aromatic heterocycles. The van der Waals surface area contributed by atoms with E-state index in [-0.39, 0.29) is 5.69 Å². The smallest absolute Gasteiger partial charge is 0.434 e. The molecule has 0 N–H and O–H groups in total. The molecule has 0 aliphatic rings. The number of carbonyl (C=O) groups is 1. The summed E-state index contributed by atoms with van der Waals surface area (Å²) in [6.45, 7) is 2.37. The Morgan fingerprint density at radius 3 is 2.67 bits per heavy atom. The number of ether oxygens (including phenoxy) is 1. The summed E-state index contributed by atoms with van der Waals surface area (Å²) in [6.07, 6.45) is 2.73. The Balaban J connectivity index is 2.08. The van der Waals surface area contributed by atoms with Crippen LogP contribution in [0.1, 0.15) is 19.8 Å². The Hall–Kier alpha value is -2.70. The predicted octanol–water partition coefficient (Wildman–Crippen LogP) is 3.24. The number of aromatic nitrogens is 2. The number of nitro benzene ring substituents is 1. The number of hydrogen-bond acceptors (Lipinski definition) is 5. The highest BCUT2D eigenvalue weighted by atomic mass is 16.6. The van der Waals surface area contributed by atoms with Crippen LogP contribution < -0.4 is 0 Å². The number of hydrogen-bond donors (Lipinski definition) is 0. The van der Waals surface area contributed by atoms with E-state index >= 15 is 0 Å². The summed E-state index contributed by atoms with van der Waals surface area (Å²) in [5, 5.41) is 14.7. The maximum Gasteiger partial charge on any atom is 0.434 e. The van der Waals surface area contributed by atoms with Crippen molar-refractivity contribution in [3.8, 4) is 11.3 Å². The second-order valence-corrected chi connectivity index (χ2v) is 4.42. The van der Waals surface area contributed by atoms with E-state index in [1.165, 1.54) is 18.3 Å². The summed E-state index contributed by atoms with van der Waals surface area (Å²) in [7, 11) is 0. The first kappa shape index (κ1) is 14.7. The molecule has 2 rings (SSSR count). The molecule has 0 fully saturated rings. The van der Waals surface area contributed by atoms with Crippen molar-refractivity contribution in [3.05, 3.63) is 46.6 Å². The highest BCUT2D eigenvalue weighted by Crippen LogP contribution is 2.20. The van der Waals surface area contributed by atoms with Crippen LogP contribution >= 0.6 is 0 Å². The van der Waals surface area contributed by atoms with Crippen molar-refractivity contribution in [2.75, 3.05) is 6.61 Å². The van der Waals surface area contributed by atoms with E-state index in [9.17, 15) is 14.9 Å². The van der Waals surface area contributed by atoms with Gasteiger partial charge in [0.25, 0.3) is 5.69 Å². The number of nitro groups is 1. The molecule has 0 saturated carbocycles. The first-order valence-corrected chi connectivity index (χ1v) is 6.59. The second kappa shape index (κ2) is 6.65. The highest BCUT2D eigenvalue weighted by molar-refractivity contribution is 5.71. The van der Waals surface area contributed by atoms with Gasteiger partial charge < -0.3 is 4.74 Å².